The lowest BCUT2D eigenvalue weighted by molar-refractivity contribution is 0.491. The maximum absolute atomic E-state index is 14.0. The molecule has 0 saturated carbocycles. The van der Waals surface area contributed by atoms with Crippen LogP contribution >= 0.6 is 11.6 Å². The van der Waals surface area contributed by atoms with Crippen LogP contribution in [0.3, 0.4) is 0 Å². The van der Waals surface area contributed by atoms with Crippen LogP contribution in [0.15, 0.2) is 42.5 Å². The molecule has 0 aliphatic heterocycles. The Bertz CT molecular complexity index is 601. The van der Waals surface area contributed by atoms with E-state index >= 15 is 0 Å². The molecule has 0 heterocycles. The zero-order valence-corrected chi connectivity index (χ0v) is 12.6. The van der Waals surface area contributed by atoms with Gasteiger partial charge in [0.25, 0.3) is 0 Å². The largest absolute Gasteiger partial charge is 0.310 e. The smallest absolute Gasteiger partial charge is 0.130 e. The highest BCUT2D eigenvalue weighted by Crippen LogP contribution is 2.23. The van der Waals surface area contributed by atoms with Crippen LogP contribution in [0.4, 0.5) is 8.78 Å². The van der Waals surface area contributed by atoms with E-state index in [9.17, 15) is 8.78 Å². The van der Waals surface area contributed by atoms with Crippen LogP contribution in [0.5, 0.6) is 0 Å². The summed E-state index contributed by atoms with van der Waals surface area (Å²) in [5.74, 6) is -1.08. The summed E-state index contributed by atoms with van der Waals surface area (Å²) >= 11 is 5.99. The van der Waals surface area contributed by atoms with Crippen LogP contribution < -0.4 is 5.32 Å². The molecular weight excluding hydrogens is 292 g/mol. The fourth-order valence-electron chi connectivity index (χ4n) is 2.29. The van der Waals surface area contributed by atoms with E-state index in [4.69, 9.17) is 11.6 Å². The summed E-state index contributed by atoms with van der Waals surface area (Å²) in [5.41, 5.74) is 1.49. The van der Waals surface area contributed by atoms with E-state index in [-0.39, 0.29) is 6.04 Å². The molecule has 21 heavy (non-hydrogen) atoms. The first-order valence-electron chi connectivity index (χ1n) is 7.03. The lowest BCUT2D eigenvalue weighted by Gasteiger charge is -2.20. The second-order valence-corrected chi connectivity index (χ2v) is 5.44. The van der Waals surface area contributed by atoms with Crippen molar-refractivity contribution in [2.24, 2.45) is 0 Å². The van der Waals surface area contributed by atoms with Crippen molar-refractivity contribution in [3.05, 3.63) is 70.2 Å². The molecular formula is C17H18ClF2N. The second-order valence-electron chi connectivity index (χ2n) is 5.01. The van der Waals surface area contributed by atoms with E-state index in [2.05, 4.69) is 5.32 Å². The van der Waals surface area contributed by atoms with Gasteiger partial charge in [-0.1, -0.05) is 36.7 Å². The number of hydrogen-bond donors (Lipinski definition) is 1. The molecule has 0 aliphatic rings. The zero-order chi connectivity index (χ0) is 15.2. The van der Waals surface area contributed by atoms with Gasteiger partial charge in [0.1, 0.15) is 11.6 Å². The van der Waals surface area contributed by atoms with Gasteiger partial charge in [-0.25, -0.2) is 8.78 Å². The van der Waals surface area contributed by atoms with E-state index in [0.29, 0.717) is 17.0 Å². The molecule has 2 aromatic rings. The highest BCUT2D eigenvalue weighted by Gasteiger charge is 2.16. The number of benzene rings is 2. The Kier molecular flexibility index (Phi) is 5.71. The quantitative estimate of drug-likeness (QED) is 0.800. The summed E-state index contributed by atoms with van der Waals surface area (Å²) in [6.45, 7) is 2.81. The third-order valence-corrected chi connectivity index (χ3v) is 3.54. The van der Waals surface area contributed by atoms with Crippen molar-refractivity contribution in [2.45, 2.75) is 25.8 Å². The van der Waals surface area contributed by atoms with Crippen molar-refractivity contribution in [3.8, 4) is 0 Å². The van der Waals surface area contributed by atoms with Gasteiger partial charge in [0.15, 0.2) is 0 Å². The Morgan fingerprint density at radius 1 is 1.14 bits per heavy atom. The molecule has 1 atom stereocenters. The van der Waals surface area contributed by atoms with Crippen LogP contribution in [0.1, 0.15) is 30.5 Å². The van der Waals surface area contributed by atoms with Gasteiger partial charge >= 0.3 is 0 Å². The Labute approximate surface area is 128 Å². The number of rotatable bonds is 6. The van der Waals surface area contributed by atoms with Crippen molar-refractivity contribution in [1.82, 2.24) is 5.32 Å². The molecule has 0 spiro atoms. The molecule has 0 radical (unpaired) electrons. The van der Waals surface area contributed by atoms with Crippen molar-refractivity contribution in [3.63, 3.8) is 0 Å². The standard InChI is InChI=1S/C17H18ClF2N/c1-2-8-21-17(10-12-4-3-5-13(18)9-12)15-7-6-14(19)11-16(15)20/h3-7,9,11,17,21H,2,8,10H2,1H3. The maximum Gasteiger partial charge on any atom is 0.130 e. The summed E-state index contributed by atoms with van der Waals surface area (Å²) in [6.07, 6.45) is 1.54. The Balaban J connectivity index is 2.25. The Morgan fingerprint density at radius 3 is 2.62 bits per heavy atom. The Hall–Kier alpha value is -1.45. The predicted molar refractivity (Wildman–Crippen MR) is 82.5 cm³/mol. The maximum atomic E-state index is 14.0. The summed E-state index contributed by atoms with van der Waals surface area (Å²) in [7, 11) is 0. The molecule has 2 rings (SSSR count). The SMILES string of the molecule is CCCNC(Cc1cccc(Cl)c1)c1ccc(F)cc1F. The summed E-state index contributed by atoms with van der Waals surface area (Å²) in [4.78, 5) is 0. The highest BCUT2D eigenvalue weighted by atomic mass is 35.5. The predicted octanol–water partition coefficient (Wildman–Crippen LogP) is 4.90. The van der Waals surface area contributed by atoms with Crippen LogP contribution in [-0.4, -0.2) is 6.54 Å². The number of hydrogen-bond acceptors (Lipinski definition) is 1. The molecule has 0 aliphatic carbocycles. The molecule has 112 valence electrons. The normalized spacial score (nSPS) is 12.4. The molecule has 1 unspecified atom stereocenters. The molecule has 2 aromatic carbocycles. The van der Waals surface area contributed by atoms with Crippen molar-refractivity contribution < 1.29 is 8.78 Å². The monoisotopic (exact) mass is 309 g/mol. The topological polar surface area (TPSA) is 12.0 Å². The van der Waals surface area contributed by atoms with Crippen LogP contribution in [0.25, 0.3) is 0 Å². The van der Waals surface area contributed by atoms with Gasteiger partial charge < -0.3 is 5.32 Å². The first-order chi connectivity index (χ1) is 10.1. The van der Waals surface area contributed by atoms with E-state index in [1.54, 1.807) is 6.07 Å². The molecule has 0 bridgehead atoms. The van der Waals surface area contributed by atoms with E-state index in [1.807, 2.05) is 25.1 Å². The minimum Gasteiger partial charge on any atom is -0.310 e. The minimum atomic E-state index is -0.562. The molecule has 0 saturated heterocycles. The minimum absolute atomic E-state index is 0.205. The van der Waals surface area contributed by atoms with E-state index < -0.39 is 11.6 Å². The first kappa shape index (κ1) is 15.9. The van der Waals surface area contributed by atoms with Gasteiger partial charge in [0.2, 0.25) is 0 Å². The number of nitrogens with one attached hydrogen (secondary N) is 1. The molecule has 0 amide bonds. The lowest BCUT2D eigenvalue weighted by atomic mass is 9.98. The van der Waals surface area contributed by atoms with Gasteiger partial charge in [-0.3, -0.25) is 0 Å². The number of halogens is 3. The first-order valence-corrected chi connectivity index (χ1v) is 7.40. The summed E-state index contributed by atoms with van der Waals surface area (Å²) in [5, 5.41) is 3.96. The summed E-state index contributed by atoms with van der Waals surface area (Å²) < 4.78 is 27.1. The summed E-state index contributed by atoms with van der Waals surface area (Å²) in [6, 6.07) is 11.0. The molecule has 0 fully saturated rings. The van der Waals surface area contributed by atoms with Crippen molar-refractivity contribution in [2.75, 3.05) is 6.54 Å². The van der Waals surface area contributed by atoms with Crippen LogP contribution in [0.2, 0.25) is 5.02 Å². The van der Waals surface area contributed by atoms with Gasteiger partial charge in [-0.15, -0.1) is 0 Å². The fourth-order valence-corrected chi connectivity index (χ4v) is 2.51. The second kappa shape index (κ2) is 7.53. The highest BCUT2D eigenvalue weighted by molar-refractivity contribution is 6.30. The van der Waals surface area contributed by atoms with Crippen molar-refractivity contribution in [1.29, 1.82) is 0 Å². The van der Waals surface area contributed by atoms with Gasteiger partial charge in [0, 0.05) is 22.7 Å². The molecule has 0 aromatic heterocycles. The average Bonchev–Trinajstić information content (AvgIpc) is 2.44. The fraction of sp³-hybridized carbons (Fsp3) is 0.294. The van der Waals surface area contributed by atoms with E-state index in [1.165, 1.54) is 12.1 Å². The van der Waals surface area contributed by atoms with Gasteiger partial charge in [-0.2, -0.15) is 0 Å². The molecule has 1 nitrogen and oxygen atoms in total. The third kappa shape index (κ3) is 4.51. The average molecular weight is 310 g/mol. The molecule has 1 N–H and O–H groups in total. The van der Waals surface area contributed by atoms with Crippen LogP contribution in [0, 0.1) is 11.6 Å². The van der Waals surface area contributed by atoms with Gasteiger partial charge in [-0.05, 0) is 43.1 Å². The third-order valence-electron chi connectivity index (χ3n) is 3.31. The van der Waals surface area contributed by atoms with Gasteiger partial charge in [0.05, 0.1) is 0 Å². The van der Waals surface area contributed by atoms with Crippen LogP contribution in [-0.2, 0) is 6.42 Å². The van der Waals surface area contributed by atoms with E-state index in [0.717, 1.165) is 24.6 Å². The lowest BCUT2D eigenvalue weighted by Crippen LogP contribution is -2.25. The Morgan fingerprint density at radius 2 is 1.95 bits per heavy atom. The molecule has 4 heteroatoms. The zero-order valence-electron chi connectivity index (χ0n) is 11.9. The van der Waals surface area contributed by atoms with Crippen molar-refractivity contribution >= 4 is 11.6 Å².